The molecule has 1 aromatic carbocycles. The molecule has 0 aromatic heterocycles. The minimum absolute atomic E-state index is 0.102. The van der Waals surface area contributed by atoms with Gasteiger partial charge in [0.05, 0.1) is 0 Å². The van der Waals surface area contributed by atoms with Crippen molar-refractivity contribution in [1.82, 2.24) is 4.90 Å². The summed E-state index contributed by atoms with van der Waals surface area (Å²) in [6, 6.07) is 7.78. The zero-order valence-electron chi connectivity index (χ0n) is 8.53. The van der Waals surface area contributed by atoms with Crippen LogP contribution in [0, 0.1) is 0 Å². The van der Waals surface area contributed by atoms with E-state index < -0.39 is 0 Å². The fraction of sp³-hybridized carbons (Fsp3) is 0.250. The van der Waals surface area contributed by atoms with Crippen LogP contribution in [0.4, 0.5) is 0 Å². The lowest BCUT2D eigenvalue weighted by atomic mass is 10.1. The van der Waals surface area contributed by atoms with Crippen molar-refractivity contribution in [3.05, 3.63) is 41.5 Å². The molecule has 78 valence electrons. The van der Waals surface area contributed by atoms with Gasteiger partial charge in [0.25, 0.3) is 5.91 Å². The number of amides is 1. The monoisotopic (exact) mass is 313 g/mol. The average molecular weight is 313 g/mol. The number of hydrogen-bond donors (Lipinski definition) is 0. The van der Waals surface area contributed by atoms with E-state index in [2.05, 4.69) is 28.7 Å². The van der Waals surface area contributed by atoms with Crippen LogP contribution in [0.5, 0.6) is 0 Å². The maximum Gasteiger partial charge on any atom is 0.258 e. The van der Waals surface area contributed by atoms with Gasteiger partial charge in [-0.1, -0.05) is 46.9 Å². The number of nitrogens with zero attached hydrogens (tertiary/aromatic N) is 1. The van der Waals surface area contributed by atoms with Crippen molar-refractivity contribution < 1.29 is 4.79 Å². The molecule has 2 rings (SSSR count). The Kier molecular flexibility index (Phi) is 3.09. The molecule has 1 aliphatic heterocycles. The Morgan fingerprint density at radius 3 is 2.67 bits per heavy atom. The number of alkyl halides is 1. The first kappa shape index (κ1) is 10.7. The number of halogens is 1. The number of carbonyl (C=O) groups is 1. The Labute approximate surface area is 103 Å². The molecule has 0 saturated heterocycles. The van der Waals surface area contributed by atoms with E-state index in [4.69, 9.17) is 0 Å². The largest absolute Gasteiger partial charge is 0.311 e. The van der Waals surface area contributed by atoms with Crippen molar-refractivity contribution in [3.63, 3.8) is 0 Å². The summed E-state index contributed by atoms with van der Waals surface area (Å²) in [5.41, 5.74) is 2.93. The standard InChI is InChI=1S/C12H12INO/c1-14-11(7-4-8-13)9-5-2-3-6-10(9)12(14)15/h2-3,5-7H,4,8H2,1H3/b11-7-. The van der Waals surface area contributed by atoms with Gasteiger partial charge >= 0.3 is 0 Å². The molecule has 0 radical (unpaired) electrons. The summed E-state index contributed by atoms with van der Waals surface area (Å²) in [6.45, 7) is 0. The van der Waals surface area contributed by atoms with Gasteiger partial charge in [-0.3, -0.25) is 4.79 Å². The van der Waals surface area contributed by atoms with Crippen molar-refractivity contribution in [3.8, 4) is 0 Å². The van der Waals surface area contributed by atoms with Crippen LogP contribution in [0.15, 0.2) is 30.3 Å². The molecule has 3 heteroatoms. The molecule has 0 saturated carbocycles. The second-order valence-corrected chi connectivity index (χ2v) is 4.56. The molecule has 1 aromatic rings. The fourth-order valence-corrected chi connectivity index (χ4v) is 2.11. The van der Waals surface area contributed by atoms with Crippen LogP contribution >= 0.6 is 22.6 Å². The van der Waals surface area contributed by atoms with E-state index in [1.165, 1.54) is 0 Å². The number of carbonyl (C=O) groups excluding carboxylic acids is 1. The summed E-state index contributed by atoms with van der Waals surface area (Å²) >= 11 is 2.34. The first-order valence-electron chi connectivity index (χ1n) is 4.89. The third-order valence-electron chi connectivity index (χ3n) is 2.55. The lowest BCUT2D eigenvalue weighted by Crippen LogP contribution is -2.17. The molecule has 0 atom stereocenters. The average Bonchev–Trinajstić information content (AvgIpc) is 2.51. The van der Waals surface area contributed by atoms with Crippen LogP contribution in [-0.4, -0.2) is 22.3 Å². The van der Waals surface area contributed by atoms with Crippen LogP contribution in [0.25, 0.3) is 5.70 Å². The van der Waals surface area contributed by atoms with Gasteiger partial charge < -0.3 is 4.90 Å². The molecule has 15 heavy (non-hydrogen) atoms. The topological polar surface area (TPSA) is 20.3 Å². The molecule has 1 heterocycles. The highest BCUT2D eigenvalue weighted by molar-refractivity contribution is 14.1. The summed E-state index contributed by atoms with van der Waals surface area (Å²) in [4.78, 5) is 13.6. The molecule has 0 aliphatic carbocycles. The first-order chi connectivity index (χ1) is 7.25. The summed E-state index contributed by atoms with van der Waals surface area (Å²) in [6.07, 6.45) is 3.14. The van der Waals surface area contributed by atoms with Crippen molar-refractivity contribution >= 4 is 34.2 Å². The van der Waals surface area contributed by atoms with E-state index in [-0.39, 0.29) is 5.91 Å². The predicted octanol–water partition coefficient (Wildman–Crippen LogP) is 2.94. The number of hydrogen-bond acceptors (Lipinski definition) is 1. The van der Waals surface area contributed by atoms with Crippen LogP contribution in [-0.2, 0) is 0 Å². The molecule has 0 spiro atoms. The highest BCUT2D eigenvalue weighted by Crippen LogP contribution is 2.31. The second-order valence-electron chi connectivity index (χ2n) is 3.48. The molecule has 0 N–H and O–H groups in total. The molecule has 0 bridgehead atoms. The first-order valence-corrected chi connectivity index (χ1v) is 6.42. The van der Waals surface area contributed by atoms with Gasteiger partial charge in [-0.05, 0) is 12.5 Å². The van der Waals surface area contributed by atoms with E-state index in [9.17, 15) is 4.79 Å². The Morgan fingerprint density at radius 1 is 1.33 bits per heavy atom. The van der Waals surface area contributed by atoms with E-state index in [1.54, 1.807) is 4.90 Å². The summed E-state index contributed by atoms with van der Waals surface area (Å²) in [5, 5.41) is 0. The highest BCUT2D eigenvalue weighted by Gasteiger charge is 2.28. The Hall–Kier alpha value is -0.840. The lowest BCUT2D eigenvalue weighted by Gasteiger charge is -2.10. The molecule has 0 fully saturated rings. The van der Waals surface area contributed by atoms with Gasteiger partial charge in [0.2, 0.25) is 0 Å². The van der Waals surface area contributed by atoms with Crippen LogP contribution in [0.1, 0.15) is 22.3 Å². The quantitative estimate of drug-likeness (QED) is 0.607. The van der Waals surface area contributed by atoms with Gasteiger partial charge in [0.1, 0.15) is 0 Å². The maximum absolute atomic E-state index is 11.9. The van der Waals surface area contributed by atoms with Crippen LogP contribution in [0.2, 0.25) is 0 Å². The number of benzene rings is 1. The van der Waals surface area contributed by atoms with E-state index in [0.717, 1.165) is 27.7 Å². The molecular weight excluding hydrogens is 301 g/mol. The van der Waals surface area contributed by atoms with Crippen molar-refractivity contribution in [2.75, 3.05) is 11.5 Å². The van der Waals surface area contributed by atoms with Gasteiger partial charge in [-0.15, -0.1) is 0 Å². The molecule has 1 amide bonds. The minimum Gasteiger partial charge on any atom is -0.311 e. The van der Waals surface area contributed by atoms with Gasteiger partial charge in [0, 0.05) is 28.3 Å². The number of rotatable bonds is 2. The van der Waals surface area contributed by atoms with Gasteiger partial charge in [-0.2, -0.15) is 0 Å². The van der Waals surface area contributed by atoms with E-state index in [0.29, 0.717) is 0 Å². The lowest BCUT2D eigenvalue weighted by molar-refractivity contribution is 0.0874. The number of fused-ring (bicyclic) bond motifs is 1. The second kappa shape index (κ2) is 4.35. The smallest absolute Gasteiger partial charge is 0.258 e. The van der Waals surface area contributed by atoms with Crippen molar-refractivity contribution in [1.29, 1.82) is 0 Å². The Morgan fingerprint density at radius 2 is 2.00 bits per heavy atom. The summed E-state index contributed by atoms with van der Waals surface area (Å²) in [5.74, 6) is 0.102. The van der Waals surface area contributed by atoms with Crippen molar-refractivity contribution in [2.24, 2.45) is 0 Å². The zero-order chi connectivity index (χ0) is 10.8. The molecular formula is C12H12INO. The normalized spacial score (nSPS) is 17.3. The number of allylic oxidation sites excluding steroid dienone is 1. The van der Waals surface area contributed by atoms with Crippen molar-refractivity contribution in [2.45, 2.75) is 6.42 Å². The molecule has 2 nitrogen and oxygen atoms in total. The van der Waals surface area contributed by atoms with Crippen LogP contribution in [0.3, 0.4) is 0 Å². The minimum atomic E-state index is 0.102. The summed E-state index contributed by atoms with van der Waals surface area (Å²) < 4.78 is 1.07. The SMILES string of the molecule is CN1C(=O)c2ccccc2/C1=C/CCI. The van der Waals surface area contributed by atoms with Crippen LogP contribution < -0.4 is 0 Å². The molecule has 0 unspecified atom stereocenters. The fourth-order valence-electron chi connectivity index (χ4n) is 1.80. The zero-order valence-corrected chi connectivity index (χ0v) is 10.7. The Balaban J connectivity index is 2.47. The third kappa shape index (κ3) is 1.80. The van der Waals surface area contributed by atoms with Gasteiger partial charge in [-0.25, -0.2) is 0 Å². The molecule has 1 aliphatic rings. The van der Waals surface area contributed by atoms with E-state index in [1.807, 2.05) is 31.3 Å². The summed E-state index contributed by atoms with van der Waals surface area (Å²) in [7, 11) is 1.83. The maximum atomic E-state index is 11.9. The van der Waals surface area contributed by atoms with Gasteiger partial charge in [0.15, 0.2) is 0 Å². The van der Waals surface area contributed by atoms with E-state index >= 15 is 0 Å². The Bertz CT molecular complexity index is 425. The third-order valence-corrected chi connectivity index (χ3v) is 3.17. The highest BCUT2D eigenvalue weighted by atomic mass is 127. The predicted molar refractivity (Wildman–Crippen MR) is 70.0 cm³/mol.